The first kappa shape index (κ1) is 7.94. The highest BCUT2D eigenvalue weighted by Crippen LogP contribution is 2.05. The first-order chi connectivity index (χ1) is 6.38. The molecule has 2 rings (SSSR count). The van der Waals surface area contributed by atoms with Crippen LogP contribution in [0.3, 0.4) is 0 Å². The highest BCUT2D eigenvalue weighted by Gasteiger charge is 2.13. The van der Waals surface area contributed by atoms with Gasteiger partial charge in [-0.25, -0.2) is 4.99 Å². The number of hydrogen-bond donors (Lipinski definition) is 2. The number of hydrogen-bond acceptors (Lipinski definition) is 4. The summed E-state index contributed by atoms with van der Waals surface area (Å²) in [7, 11) is 0. The lowest BCUT2D eigenvalue weighted by Gasteiger charge is -2.13. The van der Waals surface area contributed by atoms with E-state index in [1.54, 1.807) is 0 Å². The number of hydrazone groups is 1. The van der Waals surface area contributed by atoms with Gasteiger partial charge in [0.05, 0.1) is 0 Å². The molecule has 1 aliphatic rings. The van der Waals surface area contributed by atoms with Crippen molar-refractivity contribution in [1.29, 1.82) is 0 Å². The van der Waals surface area contributed by atoms with Crippen LogP contribution in [0.1, 0.15) is 5.56 Å². The van der Waals surface area contributed by atoms with Crippen LogP contribution in [0.25, 0.3) is 0 Å². The van der Waals surface area contributed by atoms with Crippen LogP contribution in [0, 0.1) is 0 Å². The Kier molecular flexibility index (Phi) is 2.06. The van der Waals surface area contributed by atoms with Gasteiger partial charge in [-0.2, -0.15) is 5.10 Å². The minimum atomic E-state index is -0.358. The Morgan fingerprint density at radius 1 is 1.23 bits per heavy atom. The molecule has 0 fully saturated rings. The van der Waals surface area contributed by atoms with E-state index in [4.69, 9.17) is 5.73 Å². The number of aliphatic imine (C=N–C) groups is 1. The van der Waals surface area contributed by atoms with Crippen LogP contribution < -0.4 is 11.2 Å². The third-order valence-electron chi connectivity index (χ3n) is 1.83. The third kappa shape index (κ3) is 1.57. The Bertz CT molecular complexity index is 342. The quantitative estimate of drug-likeness (QED) is 0.643. The van der Waals surface area contributed by atoms with Gasteiger partial charge in [0.2, 0.25) is 0 Å². The second-order valence-corrected chi connectivity index (χ2v) is 2.72. The molecule has 1 aromatic carbocycles. The first-order valence-electron chi connectivity index (χ1n) is 4.03. The van der Waals surface area contributed by atoms with Crippen LogP contribution in [-0.2, 0) is 0 Å². The third-order valence-corrected chi connectivity index (χ3v) is 1.83. The molecule has 0 amide bonds. The molecule has 1 aliphatic heterocycles. The van der Waals surface area contributed by atoms with Crippen LogP contribution in [0.2, 0.25) is 0 Å². The Hall–Kier alpha value is -1.68. The summed E-state index contributed by atoms with van der Waals surface area (Å²) in [5, 5.41) is 4.07. The molecule has 1 heterocycles. The van der Waals surface area contributed by atoms with E-state index in [0.29, 0.717) is 0 Å². The fourth-order valence-corrected chi connectivity index (χ4v) is 1.19. The normalized spacial score (nSPS) is 20.7. The molecule has 3 N–H and O–H groups in total. The summed E-state index contributed by atoms with van der Waals surface area (Å²) >= 11 is 0. The Morgan fingerprint density at radius 3 is 2.69 bits per heavy atom. The van der Waals surface area contributed by atoms with Crippen molar-refractivity contribution >= 4 is 12.1 Å². The largest absolute Gasteiger partial charge is 0.305 e. The molecule has 0 aliphatic carbocycles. The molecule has 4 nitrogen and oxygen atoms in total. The van der Waals surface area contributed by atoms with Gasteiger partial charge >= 0.3 is 0 Å². The van der Waals surface area contributed by atoms with E-state index in [1.807, 2.05) is 30.3 Å². The van der Waals surface area contributed by atoms with Gasteiger partial charge in [-0.05, 0) is 0 Å². The van der Waals surface area contributed by atoms with Gasteiger partial charge < -0.3 is 5.73 Å². The average Bonchev–Trinajstić information content (AvgIpc) is 2.20. The van der Waals surface area contributed by atoms with Gasteiger partial charge in [0.1, 0.15) is 18.2 Å². The molecule has 1 atom stereocenters. The molecule has 66 valence electrons. The number of benzene rings is 1. The summed E-state index contributed by atoms with van der Waals surface area (Å²) in [4.78, 5) is 4.00. The molecular formula is C9H10N4. The summed E-state index contributed by atoms with van der Waals surface area (Å²) in [5.41, 5.74) is 10.2. The van der Waals surface area contributed by atoms with E-state index in [1.165, 1.54) is 6.34 Å². The zero-order chi connectivity index (χ0) is 9.10. The maximum atomic E-state index is 5.74. The summed E-state index contributed by atoms with van der Waals surface area (Å²) < 4.78 is 0. The van der Waals surface area contributed by atoms with Crippen LogP contribution in [0.4, 0.5) is 0 Å². The summed E-state index contributed by atoms with van der Waals surface area (Å²) in [5.74, 6) is 0. The standard InChI is InChI=1S/C9H10N4/c10-9-8(13-12-6-11-9)7-4-2-1-3-5-7/h1-6,9H,10H2,(H,11,12). The van der Waals surface area contributed by atoms with Gasteiger partial charge in [0, 0.05) is 5.56 Å². The fraction of sp³-hybridized carbons (Fsp3) is 0.111. The van der Waals surface area contributed by atoms with E-state index < -0.39 is 0 Å². The van der Waals surface area contributed by atoms with Crippen LogP contribution >= 0.6 is 0 Å². The van der Waals surface area contributed by atoms with E-state index in [2.05, 4.69) is 15.5 Å². The minimum Gasteiger partial charge on any atom is -0.305 e. The lowest BCUT2D eigenvalue weighted by atomic mass is 10.1. The van der Waals surface area contributed by atoms with Crippen molar-refractivity contribution in [2.75, 3.05) is 0 Å². The van der Waals surface area contributed by atoms with Crippen molar-refractivity contribution in [1.82, 2.24) is 5.43 Å². The van der Waals surface area contributed by atoms with E-state index in [-0.39, 0.29) is 6.17 Å². The van der Waals surface area contributed by atoms with E-state index in [0.717, 1.165) is 11.3 Å². The topological polar surface area (TPSA) is 62.8 Å². The molecule has 0 bridgehead atoms. The van der Waals surface area contributed by atoms with Crippen molar-refractivity contribution in [2.45, 2.75) is 6.17 Å². The number of nitrogens with two attached hydrogens (primary N) is 1. The Morgan fingerprint density at radius 2 is 2.00 bits per heavy atom. The lowest BCUT2D eigenvalue weighted by Crippen LogP contribution is -2.34. The molecular weight excluding hydrogens is 164 g/mol. The van der Waals surface area contributed by atoms with Gasteiger partial charge in [-0.1, -0.05) is 30.3 Å². The van der Waals surface area contributed by atoms with E-state index >= 15 is 0 Å². The fourth-order valence-electron chi connectivity index (χ4n) is 1.19. The number of rotatable bonds is 1. The van der Waals surface area contributed by atoms with Crippen molar-refractivity contribution in [3.05, 3.63) is 35.9 Å². The lowest BCUT2D eigenvalue weighted by molar-refractivity contribution is 0.857. The molecule has 0 spiro atoms. The number of nitrogens with one attached hydrogen (secondary N) is 1. The molecule has 0 saturated heterocycles. The summed E-state index contributed by atoms with van der Waals surface area (Å²) in [6.45, 7) is 0. The molecule has 0 radical (unpaired) electrons. The summed E-state index contributed by atoms with van der Waals surface area (Å²) in [6.07, 6.45) is 1.14. The highest BCUT2D eigenvalue weighted by atomic mass is 15.3. The zero-order valence-corrected chi connectivity index (χ0v) is 7.01. The monoisotopic (exact) mass is 174 g/mol. The van der Waals surface area contributed by atoms with Crippen molar-refractivity contribution in [2.24, 2.45) is 15.8 Å². The maximum Gasteiger partial charge on any atom is 0.144 e. The smallest absolute Gasteiger partial charge is 0.144 e. The SMILES string of the molecule is NC1N=CNN=C1c1ccccc1. The molecule has 1 unspecified atom stereocenters. The highest BCUT2D eigenvalue weighted by molar-refractivity contribution is 6.05. The van der Waals surface area contributed by atoms with Crippen molar-refractivity contribution < 1.29 is 0 Å². The zero-order valence-electron chi connectivity index (χ0n) is 7.01. The maximum absolute atomic E-state index is 5.74. The first-order valence-corrected chi connectivity index (χ1v) is 4.03. The average molecular weight is 174 g/mol. The van der Waals surface area contributed by atoms with Crippen molar-refractivity contribution in [3.63, 3.8) is 0 Å². The molecule has 1 aromatic rings. The molecule has 4 heteroatoms. The second-order valence-electron chi connectivity index (χ2n) is 2.72. The van der Waals surface area contributed by atoms with Crippen LogP contribution in [0.15, 0.2) is 40.4 Å². The molecule has 0 saturated carbocycles. The predicted molar refractivity (Wildman–Crippen MR) is 52.6 cm³/mol. The second kappa shape index (κ2) is 3.37. The molecule has 0 aromatic heterocycles. The van der Waals surface area contributed by atoms with Gasteiger partial charge in [-0.3, -0.25) is 5.43 Å². The molecule has 13 heavy (non-hydrogen) atoms. The van der Waals surface area contributed by atoms with Crippen molar-refractivity contribution in [3.8, 4) is 0 Å². The Balaban J connectivity index is 2.32. The van der Waals surface area contributed by atoms with Gasteiger partial charge in [-0.15, -0.1) is 0 Å². The summed E-state index contributed by atoms with van der Waals surface area (Å²) in [6, 6.07) is 9.77. The minimum absolute atomic E-state index is 0.358. The van der Waals surface area contributed by atoms with Gasteiger partial charge in [0.25, 0.3) is 0 Å². The van der Waals surface area contributed by atoms with Gasteiger partial charge in [0.15, 0.2) is 0 Å². The predicted octanol–water partition coefficient (Wildman–Crippen LogP) is 0.307. The van der Waals surface area contributed by atoms with Crippen LogP contribution in [0.5, 0.6) is 0 Å². The Labute approximate surface area is 76.2 Å². The van der Waals surface area contributed by atoms with Crippen LogP contribution in [-0.4, -0.2) is 18.2 Å². The number of nitrogens with zero attached hydrogens (tertiary/aromatic N) is 2. The van der Waals surface area contributed by atoms with E-state index in [9.17, 15) is 0 Å².